The first-order valence-corrected chi connectivity index (χ1v) is 13.2. The Morgan fingerprint density at radius 3 is 2.49 bits per heavy atom. The summed E-state index contributed by atoms with van der Waals surface area (Å²) in [6.45, 7) is -1.92. The summed E-state index contributed by atoms with van der Waals surface area (Å²) >= 11 is 0. The molecule has 0 aliphatic carbocycles. The van der Waals surface area contributed by atoms with E-state index in [1.54, 1.807) is 35.4 Å². The molecule has 1 amide bonds. The minimum absolute atomic E-state index is 0.0834. The van der Waals surface area contributed by atoms with Crippen molar-refractivity contribution in [1.82, 2.24) is 14.5 Å². The largest absolute Gasteiger partial charge is 0.486 e. The summed E-state index contributed by atoms with van der Waals surface area (Å²) in [6.07, 6.45) is 3.05. The number of aromatic amines is 1. The molecule has 1 saturated heterocycles. The van der Waals surface area contributed by atoms with Crippen LogP contribution in [0.15, 0.2) is 89.9 Å². The standard InChI is InChI=1S/C31H26F2N4O4/c32-31(33)41-27-5-2-1-4-22(27)18-37-26-16-20(21-8-14-29(38)34-17-21)7-13-25(26)35-28(37)19-40-24-11-9-23(10-12-24)36-15-3-6-30(36)39/h1-2,4-5,7-14,16-17,31H,3,6,15,18-19H2,(H,34,38). The van der Waals surface area contributed by atoms with Crippen LogP contribution >= 0.6 is 0 Å². The molecule has 3 aromatic carbocycles. The smallest absolute Gasteiger partial charge is 0.387 e. The zero-order valence-corrected chi connectivity index (χ0v) is 21.9. The third-order valence-corrected chi connectivity index (χ3v) is 7.05. The van der Waals surface area contributed by atoms with E-state index in [9.17, 15) is 18.4 Å². The lowest BCUT2D eigenvalue weighted by atomic mass is 10.1. The molecule has 5 aromatic rings. The molecule has 8 nitrogen and oxygen atoms in total. The summed E-state index contributed by atoms with van der Waals surface area (Å²) in [5, 5.41) is 0. The third kappa shape index (κ3) is 5.67. The van der Waals surface area contributed by atoms with E-state index in [0.29, 0.717) is 35.6 Å². The molecule has 2 aromatic heterocycles. The molecule has 1 aliphatic rings. The number of carbonyl (C=O) groups excluding carboxylic acids is 1. The molecule has 41 heavy (non-hydrogen) atoms. The Bertz CT molecular complexity index is 1740. The number of halogens is 2. The molecule has 3 heterocycles. The van der Waals surface area contributed by atoms with Crippen molar-refractivity contribution in [2.45, 2.75) is 32.6 Å². The number of carbonyl (C=O) groups is 1. The van der Waals surface area contributed by atoms with Crippen molar-refractivity contribution in [3.63, 3.8) is 0 Å². The highest BCUT2D eigenvalue weighted by molar-refractivity contribution is 5.95. The van der Waals surface area contributed by atoms with Gasteiger partial charge in [0.1, 0.15) is 23.9 Å². The van der Waals surface area contributed by atoms with Crippen molar-refractivity contribution >= 4 is 22.6 Å². The number of ether oxygens (including phenoxy) is 2. The molecule has 0 unspecified atom stereocenters. The second-order valence-electron chi connectivity index (χ2n) is 9.68. The summed E-state index contributed by atoms with van der Waals surface area (Å²) in [6, 6.07) is 22.9. The highest BCUT2D eigenvalue weighted by atomic mass is 19.3. The second kappa shape index (κ2) is 11.2. The Morgan fingerprint density at radius 2 is 1.76 bits per heavy atom. The van der Waals surface area contributed by atoms with Gasteiger partial charge in [-0.25, -0.2) is 4.98 Å². The van der Waals surface area contributed by atoms with E-state index in [0.717, 1.165) is 28.8 Å². The molecular weight excluding hydrogens is 530 g/mol. The number of para-hydroxylation sites is 1. The monoisotopic (exact) mass is 556 g/mol. The van der Waals surface area contributed by atoms with E-state index >= 15 is 0 Å². The number of nitrogens with one attached hydrogen (secondary N) is 1. The zero-order valence-electron chi connectivity index (χ0n) is 21.9. The van der Waals surface area contributed by atoms with Crippen LogP contribution in [0, 0.1) is 0 Å². The van der Waals surface area contributed by atoms with Crippen LogP contribution in [0.4, 0.5) is 14.5 Å². The van der Waals surface area contributed by atoms with E-state index in [-0.39, 0.29) is 30.4 Å². The average molecular weight is 557 g/mol. The van der Waals surface area contributed by atoms with Crippen molar-refractivity contribution in [2.24, 2.45) is 0 Å². The van der Waals surface area contributed by atoms with Gasteiger partial charge in [-0.2, -0.15) is 8.78 Å². The Hall–Kier alpha value is -4.99. The van der Waals surface area contributed by atoms with E-state index < -0.39 is 6.61 Å². The first kappa shape index (κ1) is 26.2. The second-order valence-corrected chi connectivity index (χ2v) is 9.68. The quantitative estimate of drug-likeness (QED) is 0.250. The third-order valence-electron chi connectivity index (χ3n) is 7.05. The Kier molecular flexibility index (Phi) is 7.20. The predicted molar refractivity (Wildman–Crippen MR) is 150 cm³/mol. The Balaban J connectivity index is 1.34. The molecule has 6 rings (SSSR count). The average Bonchev–Trinajstić information content (AvgIpc) is 3.56. The summed E-state index contributed by atoms with van der Waals surface area (Å²) < 4.78 is 39.0. The highest BCUT2D eigenvalue weighted by Crippen LogP contribution is 2.29. The lowest BCUT2D eigenvalue weighted by Crippen LogP contribution is -2.23. The van der Waals surface area contributed by atoms with Gasteiger partial charge in [0, 0.05) is 36.5 Å². The minimum Gasteiger partial charge on any atom is -0.486 e. The van der Waals surface area contributed by atoms with Crippen LogP contribution in [0.1, 0.15) is 24.2 Å². The van der Waals surface area contributed by atoms with Crippen molar-refractivity contribution in [3.05, 3.63) is 107 Å². The van der Waals surface area contributed by atoms with E-state index in [4.69, 9.17) is 14.5 Å². The van der Waals surface area contributed by atoms with Gasteiger partial charge in [0.05, 0.1) is 17.6 Å². The fourth-order valence-corrected chi connectivity index (χ4v) is 5.04. The van der Waals surface area contributed by atoms with Crippen LogP contribution in [0.25, 0.3) is 22.2 Å². The number of fused-ring (bicyclic) bond motifs is 1. The van der Waals surface area contributed by atoms with Crippen LogP contribution in [0.3, 0.4) is 0 Å². The molecule has 0 spiro atoms. The molecule has 10 heteroatoms. The van der Waals surface area contributed by atoms with E-state index in [1.807, 2.05) is 47.0 Å². The first-order chi connectivity index (χ1) is 19.9. The van der Waals surface area contributed by atoms with Crippen LogP contribution in [0.5, 0.6) is 11.5 Å². The van der Waals surface area contributed by atoms with Gasteiger partial charge >= 0.3 is 6.61 Å². The van der Waals surface area contributed by atoms with Gasteiger partial charge in [-0.1, -0.05) is 24.3 Å². The summed E-state index contributed by atoms with van der Waals surface area (Å²) in [4.78, 5) is 32.9. The number of hydrogen-bond acceptors (Lipinski definition) is 5. The van der Waals surface area contributed by atoms with Gasteiger partial charge in [0.2, 0.25) is 11.5 Å². The fraction of sp³-hybridized carbons (Fsp3) is 0.194. The van der Waals surface area contributed by atoms with Crippen LogP contribution in [-0.4, -0.2) is 33.6 Å². The number of alkyl halides is 2. The number of pyridine rings is 1. The maximum atomic E-state index is 13.1. The molecule has 0 saturated carbocycles. The molecular formula is C31H26F2N4O4. The molecule has 1 fully saturated rings. The van der Waals surface area contributed by atoms with Gasteiger partial charge in [-0.05, 0) is 66.1 Å². The van der Waals surface area contributed by atoms with Crippen molar-refractivity contribution < 1.29 is 23.0 Å². The lowest BCUT2D eigenvalue weighted by Gasteiger charge is -2.16. The maximum Gasteiger partial charge on any atom is 0.387 e. The zero-order chi connectivity index (χ0) is 28.3. The summed E-state index contributed by atoms with van der Waals surface area (Å²) in [5.74, 6) is 1.39. The molecule has 1 aliphatic heterocycles. The van der Waals surface area contributed by atoms with Crippen molar-refractivity contribution in [2.75, 3.05) is 11.4 Å². The number of amides is 1. The van der Waals surface area contributed by atoms with Crippen molar-refractivity contribution in [3.8, 4) is 22.6 Å². The van der Waals surface area contributed by atoms with Gasteiger partial charge in [-0.3, -0.25) is 9.59 Å². The van der Waals surface area contributed by atoms with Gasteiger partial charge in [0.25, 0.3) is 0 Å². The topological polar surface area (TPSA) is 89.5 Å². The van der Waals surface area contributed by atoms with Gasteiger partial charge in [0.15, 0.2) is 0 Å². The Labute approximate surface area is 233 Å². The summed E-state index contributed by atoms with van der Waals surface area (Å²) in [5.41, 5.74) is 4.32. The number of anilines is 1. The number of nitrogens with zero attached hydrogens (tertiary/aromatic N) is 3. The number of H-pyrrole nitrogens is 1. The van der Waals surface area contributed by atoms with Crippen LogP contribution in [-0.2, 0) is 17.9 Å². The molecule has 1 N–H and O–H groups in total. The van der Waals surface area contributed by atoms with E-state index in [2.05, 4.69) is 4.98 Å². The SMILES string of the molecule is O=C1CCCN1c1ccc(OCc2nc3ccc(-c4ccc(=O)[nH]c4)cc3n2Cc2ccccc2OC(F)F)cc1. The number of imidazole rings is 1. The number of aromatic nitrogens is 3. The maximum absolute atomic E-state index is 13.1. The number of hydrogen-bond donors (Lipinski definition) is 1. The summed E-state index contributed by atoms with van der Waals surface area (Å²) in [7, 11) is 0. The minimum atomic E-state index is -2.95. The highest BCUT2D eigenvalue weighted by Gasteiger charge is 2.22. The molecule has 0 radical (unpaired) electrons. The van der Waals surface area contributed by atoms with Crippen LogP contribution in [0.2, 0.25) is 0 Å². The normalized spacial score (nSPS) is 13.3. The molecule has 0 atom stereocenters. The lowest BCUT2D eigenvalue weighted by molar-refractivity contribution is -0.117. The number of benzene rings is 3. The van der Waals surface area contributed by atoms with Crippen LogP contribution < -0.4 is 19.9 Å². The van der Waals surface area contributed by atoms with Gasteiger partial charge < -0.3 is 23.9 Å². The molecule has 0 bridgehead atoms. The Morgan fingerprint density at radius 1 is 0.951 bits per heavy atom. The predicted octanol–water partition coefficient (Wildman–Crippen LogP) is 5.75. The van der Waals surface area contributed by atoms with Crippen molar-refractivity contribution in [1.29, 1.82) is 0 Å². The fourth-order valence-electron chi connectivity index (χ4n) is 5.04. The first-order valence-electron chi connectivity index (χ1n) is 13.2. The molecule has 208 valence electrons. The number of rotatable bonds is 9. The van der Waals surface area contributed by atoms with E-state index in [1.165, 1.54) is 12.1 Å². The van der Waals surface area contributed by atoms with Gasteiger partial charge in [-0.15, -0.1) is 0 Å².